The molecule has 2 aromatic carbocycles. The average Bonchev–Trinajstić information content (AvgIpc) is 3.64. The maximum Gasteiger partial charge on any atom is 0.264 e. The monoisotopic (exact) mass is 683 g/mol. The van der Waals surface area contributed by atoms with Crippen molar-refractivity contribution in [1.29, 1.82) is 0 Å². The van der Waals surface area contributed by atoms with Gasteiger partial charge in [-0.25, -0.2) is 0 Å². The number of benzene rings is 2. The molecule has 6 rings (SSSR count). The van der Waals surface area contributed by atoms with E-state index < -0.39 is 20.0 Å². The molecule has 3 saturated heterocycles. The Morgan fingerprint density at radius 3 is 2.52 bits per heavy atom. The van der Waals surface area contributed by atoms with Gasteiger partial charge in [0.15, 0.2) is 13.9 Å². The van der Waals surface area contributed by atoms with E-state index in [-0.39, 0.29) is 48.3 Å². The molecule has 4 aliphatic rings. The highest BCUT2D eigenvalue weighted by molar-refractivity contribution is 9.10. The predicted octanol–water partition coefficient (Wildman–Crippen LogP) is 4.68. The van der Waals surface area contributed by atoms with Crippen LogP contribution in [0.5, 0.6) is 0 Å². The number of aliphatic hydroxyl groups excluding tert-OH is 1. The lowest BCUT2D eigenvalue weighted by molar-refractivity contribution is -0.150. The summed E-state index contributed by atoms with van der Waals surface area (Å²) in [7, 11) is -2.92. The SMILES string of the molecule is C[C@@H]1[C@@H]([Si](C)(C)O)[C@H](CC(=O)N2CCC[C@H]2CO)O[C@@]12C(=O)N(Cc1ccc(N3CCCCC3=O)cc1)c1ccc(Br)cc12. The largest absolute Gasteiger partial charge is 0.432 e. The van der Waals surface area contributed by atoms with Gasteiger partial charge in [-0.1, -0.05) is 35.0 Å². The zero-order chi connectivity index (χ0) is 31.4. The number of rotatable bonds is 7. The van der Waals surface area contributed by atoms with Gasteiger partial charge in [-0.15, -0.1) is 0 Å². The standard InChI is InChI=1S/C33H42BrN3O6Si/c1-21-31(44(2,3)42)28(18-30(40)36-16-6-7-25(36)20-38)43-33(21)26-17-23(34)11-14-27(26)37(32(33)41)19-22-9-12-24(13-10-22)35-15-5-4-8-29(35)39/h9-14,17,21,25,28,31,38,42H,4-8,15-16,18-20H2,1-3H3/t21-,25+,28+,31-,33+/m1/s1. The molecule has 9 nitrogen and oxygen atoms in total. The van der Waals surface area contributed by atoms with Crippen LogP contribution in [0.2, 0.25) is 18.6 Å². The molecular formula is C33H42BrN3O6Si. The molecule has 1 spiro atoms. The van der Waals surface area contributed by atoms with E-state index in [0.717, 1.165) is 59.2 Å². The summed E-state index contributed by atoms with van der Waals surface area (Å²) in [5.74, 6) is -0.539. The molecule has 5 atom stereocenters. The minimum atomic E-state index is -2.92. The van der Waals surface area contributed by atoms with Crippen molar-refractivity contribution < 1.29 is 29.0 Å². The lowest BCUT2D eigenvalue weighted by Crippen LogP contribution is -2.46. The minimum absolute atomic E-state index is 0.0531. The number of carbonyl (C=O) groups is 3. The van der Waals surface area contributed by atoms with Crippen LogP contribution in [0.4, 0.5) is 11.4 Å². The molecule has 2 N–H and O–H groups in total. The normalized spacial score (nSPS) is 28.8. The predicted molar refractivity (Wildman–Crippen MR) is 174 cm³/mol. The molecule has 44 heavy (non-hydrogen) atoms. The zero-order valence-electron chi connectivity index (χ0n) is 25.7. The first-order valence-corrected chi connectivity index (χ1v) is 19.6. The number of hydrogen-bond donors (Lipinski definition) is 2. The van der Waals surface area contributed by atoms with Gasteiger partial charge in [-0.3, -0.25) is 14.4 Å². The van der Waals surface area contributed by atoms with Crippen molar-refractivity contribution in [1.82, 2.24) is 4.90 Å². The number of fused-ring (bicyclic) bond motifs is 2. The van der Waals surface area contributed by atoms with Crippen molar-refractivity contribution in [3.05, 3.63) is 58.1 Å². The lowest BCUT2D eigenvalue weighted by Gasteiger charge is -2.33. The summed E-state index contributed by atoms with van der Waals surface area (Å²) in [6.07, 6.45) is 3.51. The van der Waals surface area contributed by atoms with Gasteiger partial charge in [0.2, 0.25) is 11.8 Å². The number of hydrogen-bond acceptors (Lipinski definition) is 6. The second-order valence-corrected chi connectivity index (χ2v) is 18.2. The molecule has 0 aromatic heterocycles. The first kappa shape index (κ1) is 31.4. The number of amides is 3. The molecule has 3 amide bonds. The topological polar surface area (TPSA) is 111 Å². The Bertz CT molecular complexity index is 1450. The fourth-order valence-electron chi connectivity index (χ4n) is 8.09. The third-order valence-corrected chi connectivity index (χ3v) is 13.1. The van der Waals surface area contributed by atoms with Gasteiger partial charge in [0, 0.05) is 46.7 Å². The first-order chi connectivity index (χ1) is 21.0. The maximum atomic E-state index is 14.7. The van der Waals surface area contributed by atoms with Crippen LogP contribution >= 0.6 is 15.9 Å². The number of likely N-dealkylation sites (tertiary alicyclic amines) is 1. The highest BCUT2D eigenvalue weighted by atomic mass is 79.9. The van der Waals surface area contributed by atoms with Gasteiger partial charge in [0.1, 0.15) is 0 Å². The Balaban J connectivity index is 1.31. The number of ether oxygens (including phenoxy) is 1. The number of anilines is 2. The van der Waals surface area contributed by atoms with Crippen LogP contribution in [0, 0.1) is 5.92 Å². The molecule has 4 aliphatic heterocycles. The molecule has 236 valence electrons. The van der Waals surface area contributed by atoms with Gasteiger partial charge >= 0.3 is 0 Å². The van der Waals surface area contributed by atoms with E-state index in [0.29, 0.717) is 19.5 Å². The minimum Gasteiger partial charge on any atom is -0.432 e. The van der Waals surface area contributed by atoms with E-state index in [1.165, 1.54) is 0 Å². The summed E-state index contributed by atoms with van der Waals surface area (Å²) < 4.78 is 7.66. The van der Waals surface area contributed by atoms with E-state index in [1.54, 1.807) is 9.80 Å². The number of carbonyl (C=O) groups excluding carboxylic acids is 3. The van der Waals surface area contributed by atoms with E-state index >= 15 is 0 Å². The van der Waals surface area contributed by atoms with Crippen LogP contribution in [0.25, 0.3) is 0 Å². The molecular weight excluding hydrogens is 642 g/mol. The Kier molecular flexibility index (Phi) is 8.55. The third kappa shape index (κ3) is 5.34. The maximum absolute atomic E-state index is 14.7. The van der Waals surface area contributed by atoms with Crippen molar-refractivity contribution in [3.63, 3.8) is 0 Å². The number of halogens is 1. The molecule has 0 saturated carbocycles. The second kappa shape index (κ2) is 12.0. The number of piperidine rings is 1. The fourth-order valence-corrected chi connectivity index (χ4v) is 11.0. The highest BCUT2D eigenvalue weighted by Gasteiger charge is 2.66. The smallest absolute Gasteiger partial charge is 0.264 e. The van der Waals surface area contributed by atoms with Gasteiger partial charge in [0.25, 0.3) is 5.91 Å². The summed E-state index contributed by atoms with van der Waals surface area (Å²) in [6, 6.07) is 13.4. The number of nitrogens with zero attached hydrogens (tertiary/aromatic N) is 3. The Labute approximate surface area is 268 Å². The second-order valence-electron chi connectivity index (χ2n) is 13.4. The molecule has 0 radical (unpaired) electrons. The Morgan fingerprint density at radius 1 is 1.09 bits per heavy atom. The van der Waals surface area contributed by atoms with Crippen LogP contribution in [0.15, 0.2) is 46.9 Å². The van der Waals surface area contributed by atoms with Gasteiger partial charge in [-0.2, -0.15) is 0 Å². The van der Waals surface area contributed by atoms with Crippen LogP contribution in [-0.4, -0.2) is 72.7 Å². The molecule has 0 unspecified atom stereocenters. The Morgan fingerprint density at radius 2 is 1.84 bits per heavy atom. The average molecular weight is 685 g/mol. The molecule has 3 fully saturated rings. The van der Waals surface area contributed by atoms with Gasteiger partial charge in [0.05, 0.1) is 37.4 Å². The lowest BCUT2D eigenvalue weighted by atomic mass is 9.82. The third-order valence-electron chi connectivity index (χ3n) is 10.1. The highest BCUT2D eigenvalue weighted by Crippen LogP contribution is 2.60. The summed E-state index contributed by atoms with van der Waals surface area (Å²) in [6.45, 7) is 7.24. The molecule has 4 heterocycles. The number of aliphatic hydroxyl groups is 1. The van der Waals surface area contributed by atoms with Crippen molar-refractivity contribution in [2.45, 2.75) is 88.4 Å². The molecule has 0 bridgehead atoms. The molecule has 2 aromatic rings. The van der Waals surface area contributed by atoms with Gasteiger partial charge < -0.3 is 29.3 Å². The first-order valence-electron chi connectivity index (χ1n) is 15.8. The van der Waals surface area contributed by atoms with Crippen molar-refractivity contribution in [2.24, 2.45) is 5.92 Å². The fraction of sp³-hybridized carbons (Fsp3) is 0.545. The van der Waals surface area contributed by atoms with Gasteiger partial charge in [-0.05, 0) is 74.7 Å². The van der Waals surface area contributed by atoms with E-state index in [1.807, 2.05) is 67.4 Å². The molecule has 11 heteroatoms. The van der Waals surface area contributed by atoms with Crippen molar-refractivity contribution in [3.8, 4) is 0 Å². The quantitative estimate of drug-likeness (QED) is 0.410. The van der Waals surface area contributed by atoms with E-state index in [2.05, 4.69) is 15.9 Å². The van der Waals surface area contributed by atoms with Crippen LogP contribution in [0.3, 0.4) is 0 Å². The van der Waals surface area contributed by atoms with Crippen LogP contribution in [-0.2, 0) is 31.3 Å². The van der Waals surface area contributed by atoms with Crippen molar-refractivity contribution in [2.75, 3.05) is 29.5 Å². The van der Waals surface area contributed by atoms with Crippen molar-refractivity contribution >= 4 is 53.3 Å². The summed E-state index contributed by atoms with van der Waals surface area (Å²) >= 11 is 3.60. The van der Waals surface area contributed by atoms with Crippen LogP contribution < -0.4 is 9.80 Å². The summed E-state index contributed by atoms with van der Waals surface area (Å²) in [5, 5.41) is 9.82. The summed E-state index contributed by atoms with van der Waals surface area (Å²) in [4.78, 5) is 57.5. The summed E-state index contributed by atoms with van der Waals surface area (Å²) in [5.41, 5.74) is 1.58. The zero-order valence-corrected chi connectivity index (χ0v) is 28.3. The molecule has 0 aliphatic carbocycles. The van der Waals surface area contributed by atoms with E-state index in [4.69, 9.17) is 4.74 Å². The van der Waals surface area contributed by atoms with Crippen LogP contribution in [0.1, 0.15) is 56.6 Å². The Hall–Kier alpha value is -2.57. The van der Waals surface area contributed by atoms with E-state index in [9.17, 15) is 24.3 Å².